The van der Waals surface area contributed by atoms with Crippen LogP contribution in [-0.4, -0.2) is 52.3 Å². The highest BCUT2D eigenvalue weighted by molar-refractivity contribution is 6.10. The summed E-state index contributed by atoms with van der Waals surface area (Å²) in [6.45, 7) is 2.61. The second-order valence-corrected chi connectivity index (χ2v) is 6.44. The molecule has 1 aromatic carbocycles. The number of esters is 1. The number of hydrogen-bond acceptors (Lipinski definition) is 5. The van der Waals surface area contributed by atoms with Crippen molar-refractivity contribution >= 4 is 34.6 Å². The average molecular weight is 371 g/mol. The van der Waals surface area contributed by atoms with Gasteiger partial charge in [-0.3, -0.25) is 19.3 Å². The molecule has 2 heterocycles. The molecule has 1 aliphatic rings. The van der Waals surface area contributed by atoms with Crippen molar-refractivity contribution in [3.05, 3.63) is 36.0 Å². The second kappa shape index (κ2) is 7.22. The molecule has 3 rings (SSSR count). The van der Waals surface area contributed by atoms with E-state index in [1.807, 2.05) is 18.2 Å². The van der Waals surface area contributed by atoms with Gasteiger partial charge in [0.05, 0.1) is 0 Å². The highest BCUT2D eigenvalue weighted by atomic mass is 16.5. The molecule has 27 heavy (non-hydrogen) atoms. The summed E-state index contributed by atoms with van der Waals surface area (Å²) in [4.78, 5) is 52.7. The fourth-order valence-electron chi connectivity index (χ4n) is 3.25. The number of nitrogens with one attached hydrogen (secondary N) is 2. The van der Waals surface area contributed by atoms with Crippen LogP contribution in [0.1, 0.15) is 37.0 Å². The van der Waals surface area contributed by atoms with E-state index in [4.69, 9.17) is 4.74 Å². The van der Waals surface area contributed by atoms with Gasteiger partial charge in [-0.1, -0.05) is 32.0 Å². The zero-order chi connectivity index (χ0) is 19.6. The van der Waals surface area contributed by atoms with Crippen LogP contribution < -0.4 is 5.32 Å². The van der Waals surface area contributed by atoms with Crippen molar-refractivity contribution in [3.8, 4) is 0 Å². The summed E-state index contributed by atoms with van der Waals surface area (Å²) < 4.78 is 4.99. The molecule has 0 radical (unpaired) electrons. The van der Waals surface area contributed by atoms with Crippen molar-refractivity contribution in [3.63, 3.8) is 0 Å². The van der Waals surface area contributed by atoms with E-state index >= 15 is 0 Å². The van der Waals surface area contributed by atoms with E-state index in [9.17, 15) is 19.2 Å². The minimum atomic E-state index is -0.975. The number of urea groups is 1. The predicted molar refractivity (Wildman–Crippen MR) is 97.1 cm³/mol. The van der Waals surface area contributed by atoms with Crippen LogP contribution in [0, 0.1) is 0 Å². The maximum absolute atomic E-state index is 12.5. The molecule has 0 atom stereocenters. The molecule has 0 saturated carbocycles. The first kappa shape index (κ1) is 18.6. The van der Waals surface area contributed by atoms with Crippen LogP contribution >= 0.6 is 0 Å². The van der Waals surface area contributed by atoms with Gasteiger partial charge in [0.2, 0.25) is 5.78 Å². The quantitative estimate of drug-likeness (QED) is 0.440. The van der Waals surface area contributed by atoms with Gasteiger partial charge in [-0.15, -0.1) is 0 Å². The van der Waals surface area contributed by atoms with Crippen molar-refractivity contribution in [1.29, 1.82) is 0 Å². The van der Waals surface area contributed by atoms with E-state index in [-0.39, 0.29) is 5.78 Å². The lowest BCUT2D eigenvalue weighted by Gasteiger charge is -2.22. The number of para-hydroxylation sites is 1. The van der Waals surface area contributed by atoms with Crippen LogP contribution in [0.25, 0.3) is 10.9 Å². The number of H-pyrrole nitrogens is 1. The third-order valence-electron chi connectivity index (χ3n) is 4.99. The van der Waals surface area contributed by atoms with E-state index in [0.29, 0.717) is 18.4 Å². The molecule has 0 aliphatic carbocycles. The average Bonchev–Trinajstić information content (AvgIpc) is 3.21. The zero-order valence-corrected chi connectivity index (χ0v) is 15.2. The van der Waals surface area contributed by atoms with Gasteiger partial charge in [-0.25, -0.2) is 4.79 Å². The van der Waals surface area contributed by atoms with E-state index in [0.717, 1.165) is 15.8 Å². The Morgan fingerprint density at radius 1 is 1.15 bits per heavy atom. The number of Topliss-reactive ketones (excluding diaryl/α,β-unsaturated/α-hetero) is 1. The topological polar surface area (TPSA) is 109 Å². The molecule has 2 N–H and O–H groups in total. The highest BCUT2D eigenvalue weighted by Crippen LogP contribution is 2.24. The maximum Gasteiger partial charge on any atom is 0.326 e. The van der Waals surface area contributed by atoms with Crippen LogP contribution in [0.3, 0.4) is 0 Å². The lowest BCUT2D eigenvalue weighted by atomic mass is 9.93. The molecule has 0 spiro atoms. The van der Waals surface area contributed by atoms with Gasteiger partial charge in [-0.05, 0) is 18.9 Å². The minimum Gasteiger partial charge on any atom is -0.456 e. The number of carbonyl (C=O) groups is 4. The number of hydrogen-bond donors (Lipinski definition) is 2. The molecular weight excluding hydrogens is 350 g/mol. The number of ketones is 1. The molecule has 8 nitrogen and oxygen atoms in total. The van der Waals surface area contributed by atoms with Crippen LogP contribution in [0.5, 0.6) is 0 Å². The number of carbonyl (C=O) groups excluding carboxylic acids is 4. The van der Waals surface area contributed by atoms with Crippen molar-refractivity contribution in [1.82, 2.24) is 15.2 Å². The molecule has 0 unspecified atom stereocenters. The Bertz CT molecular complexity index is 913. The molecule has 3 amide bonds. The molecule has 2 aromatic rings. The van der Waals surface area contributed by atoms with E-state index < -0.39 is 36.6 Å². The van der Waals surface area contributed by atoms with Crippen LogP contribution in [0.4, 0.5) is 4.79 Å². The molecular formula is C19H21N3O5. The van der Waals surface area contributed by atoms with Crippen LogP contribution in [0.15, 0.2) is 30.5 Å². The van der Waals surface area contributed by atoms with Crippen LogP contribution in [-0.2, 0) is 14.3 Å². The lowest BCUT2D eigenvalue weighted by Crippen LogP contribution is -2.46. The molecule has 8 heteroatoms. The summed E-state index contributed by atoms with van der Waals surface area (Å²) >= 11 is 0. The van der Waals surface area contributed by atoms with Crippen molar-refractivity contribution in [2.45, 2.75) is 32.2 Å². The van der Waals surface area contributed by atoms with Gasteiger partial charge in [0, 0.05) is 22.7 Å². The normalized spacial score (nSPS) is 15.9. The van der Waals surface area contributed by atoms with Gasteiger partial charge in [-0.2, -0.15) is 0 Å². The summed E-state index contributed by atoms with van der Waals surface area (Å²) in [5.41, 5.74) is 0.253. The molecule has 1 saturated heterocycles. The van der Waals surface area contributed by atoms with Crippen molar-refractivity contribution in [2.24, 2.45) is 0 Å². The Balaban J connectivity index is 1.61. The van der Waals surface area contributed by atoms with E-state index in [2.05, 4.69) is 10.3 Å². The summed E-state index contributed by atoms with van der Waals surface area (Å²) in [6.07, 6.45) is 2.42. The number of aromatic amines is 1. The number of amides is 3. The SMILES string of the molecule is CCC1(CC)NC(=O)N(CC(=O)OCC(=O)c2c[nH]c3ccccc23)C1=O. The van der Waals surface area contributed by atoms with Crippen LogP contribution in [0.2, 0.25) is 0 Å². The number of fused-ring (bicyclic) bond motifs is 1. The minimum absolute atomic E-state index is 0.366. The summed E-state index contributed by atoms with van der Waals surface area (Å²) in [6, 6.07) is 6.66. The Morgan fingerprint density at radius 2 is 1.85 bits per heavy atom. The van der Waals surface area contributed by atoms with E-state index in [1.54, 1.807) is 26.1 Å². The fraction of sp³-hybridized carbons (Fsp3) is 0.368. The first-order chi connectivity index (χ1) is 12.9. The molecule has 1 aliphatic heterocycles. The molecule has 1 aromatic heterocycles. The third kappa shape index (κ3) is 3.30. The maximum atomic E-state index is 12.5. The van der Waals surface area contributed by atoms with Gasteiger partial charge < -0.3 is 15.0 Å². The number of aromatic nitrogens is 1. The lowest BCUT2D eigenvalue weighted by molar-refractivity contribution is -0.146. The van der Waals surface area contributed by atoms with Crippen molar-refractivity contribution < 1.29 is 23.9 Å². The smallest absolute Gasteiger partial charge is 0.326 e. The Hall–Kier alpha value is -3.16. The highest BCUT2D eigenvalue weighted by Gasteiger charge is 2.49. The monoisotopic (exact) mass is 371 g/mol. The summed E-state index contributed by atoms with van der Waals surface area (Å²) in [5, 5.41) is 3.38. The summed E-state index contributed by atoms with van der Waals surface area (Å²) in [5.74, 6) is -1.62. The first-order valence-electron chi connectivity index (χ1n) is 8.81. The number of ether oxygens (including phenoxy) is 1. The number of imide groups is 1. The second-order valence-electron chi connectivity index (χ2n) is 6.44. The first-order valence-corrected chi connectivity index (χ1v) is 8.81. The molecule has 0 bridgehead atoms. The van der Waals surface area contributed by atoms with Gasteiger partial charge >= 0.3 is 12.0 Å². The summed E-state index contributed by atoms with van der Waals surface area (Å²) in [7, 11) is 0. The standard InChI is InChI=1S/C19H21N3O5/c1-3-19(4-2)17(25)22(18(26)21-19)10-16(24)27-11-15(23)13-9-20-14-8-6-5-7-12(13)14/h5-9,20H,3-4,10-11H2,1-2H3,(H,21,26). The Labute approximate surface area is 155 Å². The number of rotatable bonds is 7. The van der Waals surface area contributed by atoms with E-state index in [1.165, 1.54) is 0 Å². The molecule has 1 fully saturated rings. The molecule has 142 valence electrons. The number of nitrogens with zero attached hydrogens (tertiary/aromatic N) is 1. The third-order valence-corrected chi connectivity index (χ3v) is 4.99. The van der Waals surface area contributed by atoms with Gasteiger partial charge in [0.15, 0.2) is 6.61 Å². The predicted octanol–water partition coefficient (Wildman–Crippen LogP) is 2.00. The largest absolute Gasteiger partial charge is 0.456 e. The zero-order valence-electron chi connectivity index (χ0n) is 15.2. The Morgan fingerprint density at radius 3 is 2.52 bits per heavy atom. The van der Waals surface area contributed by atoms with Crippen molar-refractivity contribution in [2.75, 3.05) is 13.2 Å². The van der Waals surface area contributed by atoms with Gasteiger partial charge in [0.1, 0.15) is 12.1 Å². The van der Waals surface area contributed by atoms with Gasteiger partial charge in [0.25, 0.3) is 5.91 Å². The number of benzene rings is 1. The Kier molecular flexibility index (Phi) is 4.98. The fourth-order valence-corrected chi connectivity index (χ4v) is 3.25.